The molecule has 0 aliphatic heterocycles. The summed E-state index contributed by atoms with van der Waals surface area (Å²) in [5.74, 6) is 0.478. The lowest BCUT2D eigenvalue weighted by molar-refractivity contribution is 0.219. The van der Waals surface area contributed by atoms with Crippen molar-refractivity contribution in [2.45, 2.75) is 25.8 Å². The first-order valence-corrected chi connectivity index (χ1v) is 4.70. The molecule has 1 aromatic heterocycles. The second-order valence-corrected chi connectivity index (χ2v) is 3.67. The molecule has 4 N–H and O–H groups in total. The molecule has 1 atom stereocenters. The number of aromatic nitrogens is 1. The molecular formula is C10H17N3O. The van der Waals surface area contributed by atoms with Gasteiger partial charge in [0.1, 0.15) is 5.82 Å². The van der Waals surface area contributed by atoms with Crippen LogP contribution in [0.1, 0.15) is 20.3 Å². The van der Waals surface area contributed by atoms with Gasteiger partial charge in [0.2, 0.25) is 0 Å². The van der Waals surface area contributed by atoms with Crippen LogP contribution in [0.2, 0.25) is 0 Å². The quantitative estimate of drug-likeness (QED) is 0.676. The predicted octanol–water partition coefficient (Wildman–Crippen LogP) is 1.24. The maximum atomic E-state index is 9.21. The lowest BCUT2D eigenvalue weighted by atomic mass is 10.00. The molecule has 4 nitrogen and oxygen atoms in total. The molecule has 0 aromatic carbocycles. The number of nitrogens with two attached hydrogens (primary N) is 1. The maximum absolute atomic E-state index is 9.21. The third-order valence-corrected chi connectivity index (χ3v) is 2.36. The van der Waals surface area contributed by atoms with Crippen LogP contribution in [0.5, 0.6) is 0 Å². The Bertz CT molecular complexity index is 297. The highest BCUT2D eigenvalue weighted by Crippen LogP contribution is 2.18. The molecule has 0 radical (unpaired) electrons. The van der Waals surface area contributed by atoms with Crippen LogP contribution in [0.4, 0.5) is 11.5 Å². The number of aliphatic hydroxyl groups is 1. The van der Waals surface area contributed by atoms with Crippen molar-refractivity contribution < 1.29 is 5.11 Å². The lowest BCUT2D eigenvalue weighted by Crippen LogP contribution is -2.37. The van der Waals surface area contributed by atoms with Crippen LogP contribution < -0.4 is 11.1 Å². The van der Waals surface area contributed by atoms with Gasteiger partial charge in [-0.05, 0) is 19.4 Å². The zero-order valence-electron chi connectivity index (χ0n) is 8.62. The lowest BCUT2D eigenvalue weighted by Gasteiger charge is -2.28. The summed E-state index contributed by atoms with van der Waals surface area (Å²) in [6.45, 7) is 4.07. The summed E-state index contributed by atoms with van der Waals surface area (Å²) >= 11 is 0. The van der Waals surface area contributed by atoms with Crippen molar-refractivity contribution in [2.24, 2.45) is 0 Å². The zero-order valence-corrected chi connectivity index (χ0v) is 8.62. The summed E-state index contributed by atoms with van der Waals surface area (Å²) in [6, 6.07) is 3.59. The first kappa shape index (κ1) is 10.8. The summed E-state index contributed by atoms with van der Waals surface area (Å²) in [4.78, 5) is 3.90. The second kappa shape index (κ2) is 4.28. The standard InChI is InChI=1S/C10H17N3O/c1-3-10(2,7-14)13-8-4-5-12-9(11)6-8/h4-6,14H,3,7H2,1-2H3,(H3,11,12,13). The van der Waals surface area contributed by atoms with Gasteiger partial charge in [-0.1, -0.05) is 6.92 Å². The molecule has 1 aromatic rings. The van der Waals surface area contributed by atoms with Crippen LogP contribution in [-0.4, -0.2) is 22.2 Å². The van der Waals surface area contributed by atoms with Crippen molar-refractivity contribution in [3.63, 3.8) is 0 Å². The van der Waals surface area contributed by atoms with E-state index in [-0.39, 0.29) is 12.1 Å². The number of anilines is 2. The molecule has 0 aliphatic rings. The zero-order chi connectivity index (χ0) is 10.6. The van der Waals surface area contributed by atoms with Crippen LogP contribution in [0.15, 0.2) is 18.3 Å². The smallest absolute Gasteiger partial charge is 0.125 e. The number of nitrogens with one attached hydrogen (secondary N) is 1. The van der Waals surface area contributed by atoms with Crippen LogP contribution in [0, 0.1) is 0 Å². The molecule has 0 bridgehead atoms. The van der Waals surface area contributed by atoms with E-state index in [4.69, 9.17) is 5.73 Å². The molecule has 1 rings (SSSR count). The fourth-order valence-electron chi connectivity index (χ4n) is 1.11. The normalized spacial score (nSPS) is 14.8. The average Bonchev–Trinajstić information content (AvgIpc) is 2.18. The summed E-state index contributed by atoms with van der Waals surface area (Å²) in [5.41, 5.74) is 6.13. The van der Waals surface area contributed by atoms with E-state index in [0.29, 0.717) is 5.82 Å². The second-order valence-electron chi connectivity index (χ2n) is 3.67. The van der Waals surface area contributed by atoms with Crippen LogP contribution in [0.25, 0.3) is 0 Å². The highest BCUT2D eigenvalue weighted by Gasteiger charge is 2.20. The Balaban J connectivity index is 2.77. The summed E-state index contributed by atoms with van der Waals surface area (Å²) in [7, 11) is 0. The van der Waals surface area contributed by atoms with Gasteiger partial charge >= 0.3 is 0 Å². The number of hydrogen-bond acceptors (Lipinski definition) is 4. The highest BCUT2D eigenvalue weighted by molar-refractivity contribution is 5.51. The monoisotopic (exact) mass is 195 g/mol. The van der Waals surface area contributed by atoms with Gasteiger partial charge in [-0.3, -0.25) is 0 Å². The van der Waals surface area contributed by atoms with E-state index in [1.54, 1.807) is 12.3 Å². The van der Waals surface area contributed by atoms with Gasteiger partial charge in [-0.2, -0.15) is 0 Å². The Morgan fingerprint density at radius 1 is 1.64 bits per heavy atom. The van der Waals surface area contributed by atoms with Gasteiger partial charge in [-0.15, -0.1) is 0 Å². The topological polar surface area (TPSA) is 71.2 Å². The minimum atomic E-state index is -0.298. The van der Waals surface area contributed by atoms with Gasteiger partial charge in [0.15, 0.2) is 0 Å². The number of pyridine rings is 1. The van der Waals surface area contributed by atoms with Crippen LogP contribution in [0.3, 0.4) is 0 Å². The van der Waals surface area contributed by atoms with E-state index >= 15 is 0 Å². The highest BCUT2D eigenvalue weighted by atomic mass is 16.3. The van der Waals surface area contributed by atoms with Crippen molar-refractivity contribution >= 4 is 11.5 Å². The summed E-state index contributed by atoms with van der Waals surface area (Å²) in [5, 5.41) is 12.4. The van der Waals surface area contributed by atoms with Gasteiger partial charge < -0.3 is 16.2 Å². The van der Waals surface area contributed by atoms with Crippen molar-refractivity contribution in [1.82, 2.24) is 4.98 Å². The Hall–Kier alpha value is -1.29. The molecule has 4 heteroatoms. The molecule has 0 saturated carbocycles. The number of aliphatic hydroxyl groups excluding tert-OH is 1. The molecule has 78 valence electrons. The molecule has 0 spiro atoms. The van der Waals surface area contributed by atoms with Gasteiger partial charge in [0, 0.05) is 18.0 Å². The fraction of sp³-hybridized carbons (Fsp3) is 0.500. The van der Waals surface area contributed by atoms with Crippen LogP contribution >= 0.6 is 0 Å². The van der Waals surface area contributed by atoms with Crippen molar-refractivity contribution in [3.05, 3.63) is 18.3 Å². The molecule has 0 saturated heterocycles. The first-order chi connectivity index (χ1) is 6.59. The maximum Gasteiger partial charge on any atom is 0.125 e. The van der Waals surface area contributed by atoms with Gasteiger partial charge in [-0.25, -0.2) is 4.98 Å². The average molecular weight is 195 g/mol. The third-order valence-electron chi connectivity index (χ3n) is 2.36. The summed E-state index contributed by atoms with van der Waals surface area (Å²) in [6.07, 6.45) is 2.48. The fourth-order valence-corrected chi connectivity index (χ4v) is 1.11. The molecular weight excluding hydrogens is 178 g/mol. The van der Waals surface area contributed by atoms with E-state index in [1.165, 1.54) is 0 Å². The molecule has 1 heterocycles. The van der Waals surface area contributed by atoms with Crippen LogP contribution in [-0.2, 0) is 0 Å². The minimum absolute atomic E-state index is 0.0890. The molecule has 0 fully saturated rings. The third kappa shape index (κ3) is 2.60. The van der Waals surface area contributed by atoms with E-state index < -0.39 is 0 Å². The Kier molecular flexibility index (Phi) is 3.30. The Morgan fingerprint density at radius 2 is 2.36 bits per heavy atom. The number of nitrogen functional groups attached to an aromatic ring is 1. The Labute approximate surface area is 84.2 Å². The molecule has 0 aliphatic carbocycles. The van der Waals surface area contributed by atoms with Crippen molar-refractivity contribution in [1.29, 1.82) is 0 Å². The Morgan fingerprint density at radius 3 is 2.86 bits per heavy atom. The minimum Gasteiger partial charge on any atom is -0.394 e. The predicted molar refractivity (Wildman–Crippen MR) is 58.1 cm³/mol. The number of hydrogen-bond donors (Lipinski definition) is 3. The number of rotatable bonds is 4. The SMILES string of the molecule is CCC(C)(CO)Nc1ccnc(N)c1. The van der Waals surface area contributed by atoms with E-state index in [0.717, 1.165) is 12.1 Å². The largest absolute Gasteiger partial charge is 0.394 e. The molecule has 14 heavy (non-hydrogen) atoms. The van der Waals surface area contributed by atoms with E-state index in [1.807, 2.05) is 19.9 Å². The van der Waals surface area contributed by atoms with Gasteiger partial charge in [0.05, 0.1) is 12.1 Å². The first-order valence-electron chi connectivity index (χ1n) is 4.70. The molecule has 0 amide bonds. The van der Waals surface area contributed by atoms with Crippen molar-refractivity contribution in [3.8, 4) is 0 Å². The summed E-state index contributed by atoms with van der Waals surface area (Å²) < 4.78 is 0. The van der Waals surface area contributed by atoms with E-state index in [9.17, 15) is 5.11 Å². The van der Waals surface area contributed by atoms with Gasteiger partial charge in [0.25, 0.3) is 0 Å². The van der Waals surface area contributed by atoms with E-state index in [2.05, 4.69) is 10.3 Å². The number of nitrogens with zero attached hydrogens (tertiary/aromatic N) is 1. The van der Waals surface area contributed by atoms with Crippen molar-refractivity contribution in [2.75, 3.05) is 17.7 Å². The molecule has 1 unspecified atom stereocenters.